The Kier molecular flexibility index (Phi) is 5.58. The largest absolute Gasteiger partial charge is 0.502 e. The van der Waals surface area contributed by atoms with Crippen LogP contribution in [0, 0.1) is 19.8 Å². The lowest BCUT2D eigenvalue weighted by atomic mass is 10.1. The number of carbonyl (C=O) groups excluding carboxylic acids is 2. The van der Waals surface area contributed by atoms with Gasteiger partial charge in [-0.05, 0) is 57.5 Å². The van der Waals surface area contributed by atoms with Crippen LogP contribution in [0.15, 0.2) is 22.6 Å². The van der Waals surface area contributed by atoms with Gasteiger partial charge in [0, 0.05) is 18.8 Å². The summed E-state index contributed by atoms with van der Waals surface area (Å²) in [6.45, 7) is 5.84. The molecule has 0 aromatic carbocycles. The lowest BCUT2D eigenvalue weighted by molar-refractivity contribution is -0.455. The van der Waals surface area contributed by atoms with Gasteiger partial charge in [-0.3, -0.25) is 4.68 Å². The van der Waals surface area contributed by atoms with Crippen LogP contribution in [0.2, 0.25) is 0 Å². The first-order valence-corrected chi connectivity index (χ1v) is 13.9. The van der Waals surface area contributed by atoms with E-state index in [0.29, 0.717) is 5.04 Å². The highest BCUT2D eigenvalue weighted by atomic mass is 32.3. The van der Waals surface area contributed by atoms with Crippen LogP contribution in [0.5, 0.6) is 0 Å². The molecule has 1 atom stereocenters. The maximum absolute atomic E-state index is 13.6. The van der Waals surface area contributed by atoms with Crippen LogP contribution in [0.3, 0.4) is 0 Å². The van der Waals surface area contributed by atoms with E-state index in [0.717, 1.165) is 45.9 Å². The Morgan fingerprint density at radius 1 is 1.29 bits per heavy atom. The summed E-state index contributed by atoms with van der Waals surface area (Å²) in [6, 6.07) is 1.39. The molecular weight excluding hydrogens is 496 g/mol. The molecule has 0 saturated heterocycles. The molecule has 1 saturated carbocycles. The minimum atomic E-state index is -3.81. The number of hydrogen-bond donors (Lipinski definition) is 1. The van der Waals surface area contributed by atoms with Crippen LogP contribution < -0.4 is 4.72 Å². The van der Waals surface area contributed by atoms with E-state index in [1.165, 1.54) is 26.9 Å². The van der Waals surface area contributed by atoms with Gasteiger partial charge in [-0.15, -0.1) is 11.3 Å². The van der Waals surface area contributed by atoms with E-state index < -0.39 is 33.4 Å². The number of nitrogens with zero attached hydrogens (tertiary/aromatic N) is 5. The highest BCUT2D eigenvalue weighted by Gasteiger charge is 2.53. The Morgan fingerprint density at radius 2 is 2.03 bits per heavy atom. The monoisotopic (exact) mass is 521 g/mol. The summed E-state index contributed by atoms with van der Waals surface area (Å²) < 4.78 is 32.1. The fourth-order valence-electron chi connectivity index (χ4n) is 4.02. The summed E-state index contributed by atoms with van der Waals surface area (Å²) in [7, 11) is -2.02. The molecule has 13 heteroatoms. The van der Waals surface area contributed by atoms with Crippen LogP contribution in [0.25, 0.3) is 0 Å². The van der Waals surface area contributed by atoms with Crippen molar-refractivity contribution >= 4 is 50.1 Å². The number of aromatic nitrogens is 3. The van der Waals surface area contributed by atoms with Crippen molar-refractivity contribution in [2.75, 3.05) is 0 Å². The van der Waals surface area contributed by atoms with Crippen LogP contribution in [-0.4, -0.2) is 55.2 Å². The van der Waals surface area contributed by atoms with Crippen molar-refractivity contribution in [1.82, 2.24) is 24.4 Å². The number of sulfonamides is 1. The smallest absolute Gasteiger partial charge is 0.268 e. The number of aryl methyl sites for hydroxylation is 3. The molecule has 3 amide bonds. The summed E-state index contributed by atoms with van der Waals surface area (Å²) in [5.74, 6) is -1.27. The molecule has 1 fully saturated rings. The molecule has 1 unspecified atom stereocenters. The van der Waals surface area contributed by atoms with Crippen molar-refractivity contribution in [3.8, 4) is 0 Å². The van der Waals surface area contributed by atoms with Gasteiger partial charge in [0.05, 0.1) is 21.3 Å². The third-order valence-corrected chi connectivity index (χ3v) is 10.3. The van der Waals surface area contributed by atoms with E-state index in [9.17, 15) is 18.0 Å². The van der Waals surface area contributed by atoms with Gasteiger partial charge in [-0.2, -0.15) is 19.4 Å². The lowest BCUT2D eigenvalue weighted by Crippen LogP contribution is -2.52. The van der Waals surface area contributed by atoms with E-state index in [4.69, 9.17) is 0 Å². The molecule has 180 valence electrons. The fourth-order valence-corrected chi connectivity index (χ4v) is 7.85. The normalized spacial score (nSPS) is 21.8. The highest BCUT2D eigenvalue weighted by Crippen LogP contribution is 2.42. The zero-order chi connectivity index (χ0) is 24.4. The molecule has 1 aliphatic carbocycles. The number of thiazole rings is 1. The Morgan fingerprint density at radius 3 is 2.62 bits per heavy atom. The van der Waals surface area contributed by atoms with Gasteiger partial charge in [0.25, 0.3) is 0 Å². The topological polar surface area (TPSA) is 117 Å². The van der Waals surface area contributed by atoms with Crippen molar-refractivity contribution in [3.63, 3.8) is 0 Å². The Hall–Kier alpha value is -2.35. The van der Waals surface area contributed by atoms with Crippen molar-refractivity contribution in [1.29, 1.82) is 0 Å². The molecule has 2 aromatic heterocycles. The summed E-state index contributed by atoms with van der Waals surface area (Å²) in [5, 5.41) is 5.60. The van der Waals surface area contributed by atoms with Gasteiger partial charge < -0.3 is 0 Å². The second-order valence-electron chi connectivity index (χ2n) is 9.11. The molecule has 0 spiro atoms. The molecule has 1 N–H and O–H groups in total. The summed E-state index contributed by atoms with van der Waals surface area (Å²) in [4.78, 5) is 33.2. The zero-order valence-corrected chi connectivity index (χ0v) is 21.7. The Bertz CT molecular complexity index is 1380. The predicted octanol–water partition coefficient (Wildman–Crippen LogP) is 2.24. The van der Waals surface area contributed by atoms with Crippen LogP contribution in [0.4, 0.5) is 4.79 Å². The number of hydrogen-bond acceptors (Lipinski definition) is 8. The van der Waals surface area contributed by atoms with E-state index >= 15 is 0 Å². The lowest BCUT2D eigenvalue weighted by Gasteiger charge is -2.23. The molecule has 2 aromatic rings. The second kappa shape index (κ2) is 8.11. The molecule has 2 aliphatic heterocycles. The van der Waals surface area contributed by atoms with Gasteiger partial charge in [0.2, 0.25) is 10.0 Å². The number of fused-ring (bicyclic) bond motifs is 1. The third-order valence-electron chi connectivity index (χ3n) is 6.08. The van der Waals surface area contributed by atoms with E-state index in [-0.39, 0.29) is 17.3 Å². The standard InChI is InChI=1S/C21H25N6O4S3/c1-12-7-14(25(4)23-12)10-27-19-16(8-17(33-19)34(30,31)24-21(3)5-6-21)18(28)26(20(27)29)11-15-9-22-13(2)32-15/h7-9,16,24H,5-6,10-11H2,1-4H3/q+1. The fraction of sp³-hybridized carbons (Fsp3) is 0.476. The Labute approximate surface area is 205 Å². The van der Waals surface area contributed by atoms with Gasteiger partial charge in [-0.1, -0.05) is 0 Å². The number of imide groups is 1. The van der Waals surface area contributed by atoms with Crippen LogP contribution >= 0.6 is 23.1 Å². The van der Waals surface area contributed by atoms with E-state index in [2.05, 4.69) is 14.8 Å². The first-order valence-electron chi connectivity index (χ1n) is 10.8. The van der Waals surface area contributed by atoms with E-state index in [1.807, 2.05) is 26.8 Å². The molecule has 34 heavy (non-hydrogen) atoms. The summed E-state index contributed by atoms with van der Waals surface area (Å²) in [6.07, 6.45) is 4.67. The number of amides is 3. The van der Waals surface area contributed by atoms with Gasteiger partial charge >= 0.3 is 11.9 Å². The van der Waals surface area contributed by atoms with Gasteiger partial charge in [0.15, 0.2) is 5.04 Å². The number of nitrogens with one attached hydrogen (secondary N) is 1. The molecular formula is C21H25N6O4S3+. The minimum absolute atomic E-state index is 0.0587. The zero-order valence-electron chi connectivity index (χ0n) is 19.2. The predicted molar refractivity (Wildman–Crippen MR) is 129 cm³/mol. The number of urea groups is 1. The maximum atomic E-state index is 13.6. The molecule has 3 aliphatic rings. The number of thioether (sulfide) groups is 1. The second-order valence-corrected chi connectivity index (χ2v) is 13.4. The average molecular weight is 522 g/mol. The van der Waals surface area contributed by atoms with Crippen molar-refractivity contribution in [2.45, 2.75) is 52.2 Å². The van der Waals surface area contributed by atoms with Crippen LogP contribution in [0.1, 0.15) is 41.0 Å². The van der Waals surface area contributed by atoms with Crippen molar-refractivity contribution in [3.05, 3.63) is 43.8 Å². The first kappa shape index (κ1) is 23.4. The van der Waals surface area contributed by atoms with Crippen LogP contribution in [-0.2, 0) is 35.0 Å². The van der Waals surface area contributed by atoms with Gasteiger partial charge in [-0.25, -0.2) is 22.9 Å². The SMILES string of the molecule is Cc1cc(C[N+]2=C3SC(S(=O)(=O)NC4(C)CC4)=CC3C(=O)N(Cc3cnc(C)s3)C2=O)n(C)n1. The molecule has 5 rings (SSSR count). The van der Waals surface area contributed by atoms with E-state index in [1.54, 1.807) is 17.9 Å². The van der Waals surface area contributed by atoms with Crippen molar-refractivity contribution in [2.24, 2.45) is 13.0 Å². The first-order chi connectivity index (χ1) is 16.0. The maximum Gasteiger partial charge on any atom is 0.502 e. The minimum Gasteiger partial charge on any atom is -0.268 e. The molecule has 0 radical (unpaired) electrons. The molecule has 10 nitrogen and oxygen atoms in total. The third kappa shape index (κ3) is 4.25. The quantitative estimate of drug-likeness (QED) is 0.555. The summed E-state index contributed by atoms with van der Waals surface area (Å²) >= 11 is 2.39. The molecule has 4 heterocycles. The summed E-state index contributed by atoms with van der Waals surface area (Å²) in [5.41, 5.74) is 1.14. The van der Waals surface area contributed by atoms with Gasteiger partial charge in [0.1, 0.15) is 23.2 Å². The Balaban J connectivity index is 1.54. The average Bonchev–Trinajstić information content (AvgIpc) is 3.11. The number of carbonyl (C=O) groups is 2. The van der Waals surface area contributed by atoms with Crippen molar-refractivity contribution < 1.29 is 22.6 Å². The highest BCUT2D eigenvalue weighted by molar-refractivity contribution is 8.27. The molecule has 0 bridgehead atoms. The number of rotatable bonds is 7.